The predicted molar refractivity (Wildman–Crippen MR) is 91.3 cm³/mol. The Morgan fingerprint density at radius 2 is 1.50 bits per heavy atom. The molecule has 0 bridgehead atoms. The summed E-state index contributed by atoms with van der Waals surface area (Å²) >= 11 is 0. The zero-order valence-corrected chi connectivity index (χ0v) is 13.0. The molecule has 112 valence electrons. The molecule has 24 heavy (non-hydrogen) atoms. The number of rotatable bonds is 2. The molecule has 0 aliphatic heterocycles. The van der Waals surface area contributed by atoms with E-state index in [2.05, 4.69) is 48.6 Å². The second-order valence-electron chi connectivity index (χ2n) is 6.85. The predicted octanol–water partition coefficient (Wildman–Crippen LogP) is 4.24. The van der Waals surface area contributed by atoms with E-state index in [1.807, 2.05) is 36.4 Å². The number of hydrogen-bond donors (Lipinski definition) is 0. The summed E-state index contributed by atoms with van der Waals surface area (Å²) in [5, 5.41) is 19.7. The van der Waals surface area contributed by atoms with Gasteiger partial charge in [-0.3, -0.25) is 0 Å². The van der Waals surface area contributed by atoms with E-state index in [0.29, 0.717) is 0 Å². The van der Waals surface area contributed by atoms with E-state index in [1.165, 1.54) is 0 Å². The summed E-state index contributed by atoms with van der Waals surface area (Å²) in [6, 6.07) is 25.3. The van der Waals surface area contributed by atoms with Gasteiger partial charge in [0.25, 0.3) is 0 Å². The van der Waals surface area contributed by atoms with Crippen molar-refractivity contribution in [2.75, 3.05) is 0 Å². The minimum absolute atomic E-state index is 0.0391. The highest BCUT2D eigenvalue weighted by Gasteiger charge is 2.84. The van der Waals surface area contributed by atoms with Gasteiger partial charge < -0.3 is 0 Å². The van der Waals surface area contributed by atoms with Crippen LogP contribution in [0.4, 0.5) is 0 Å². The number of benzene rings is 2. The molecule has 3 aliphatic carbocycles. The number of nitriles is 2. The van der Waals surface area contributed by atoms with Gasteiger partial charge in [0.05, 0.1) is 17.6 Å². The molecule has 4 atom stereocenters. The number of hydrogen-bond acceptors (Lipinski definition) is 2. The highest BCUT2D eigenvalue weighted by atomic mass is 14.8. The van der Waals surface area contributed by atoms with E-state index in [0.717, 1.165) is 22.3 Å². The van der Waals surface area contributed by atoms with Crippen molar-refractivity contribution in [2.45, 2.75) is 5.41 Å². The van der Waals surface area contributed by atoms with Gasteiger partial charge in [-0.05, 0) is 16.7 Å². The van der Waals surface area contributed by atoms with Crippen LogP contribution in [0, 0.1) is 39.9 Å². The molecule has 0 radical (unpaired) electrons. The van der Waals surface area contributed by atoms with E-state index in [1.54, 1.807) is 0 Å². The lowest BCUT2D eigenvalue weighted by atomic mass is 9.84. The molecular weight excluding hydrogens is 292 g/mol. The van der Waals surface area contributed by atoms with E-state index in [9.17, 15) is 10.5 Å². The van der Waals surface area contributed by atoms with Crippen LogP contribution in [0.3, 0.4) is 0 Å². The maximum absolute atomic E-state index is 10.0. The molecule has 4 unspecified atom stereocenters. The smallest absolute Gasteiger partial charge is 0.0950 e. The lowest BCUT2D eigenvalue weighted by Gasteiger charge is -2.17. The molecule has 0 heterocycles. The zero-order chi connectivity index (χ0) is 16.4. The Bertz CT molecular complexity index is 988. The first-order valence-electron chi connectivity index (χ1n) is 8.16. The second-order valence-corrected chi connectivity index (χ2v) is 6.85. The average Bonchev–Trinajstić information content (AvgIpc) is 2.92. The monoisotopic (exact) mass is 306 g/mol. The van der Waals surface area contributed by atoms with Gasteiger partial charge in [0.2, 0.25) is 0 Å². The Hall–Kier alpha value is -3.10. The highest BCUT2D eigenvalue weighted by Crippen LogP contribution is 2.83. The van der Waals surface area contributed by atoms with Gasteiger partial charge in [-0.2, -0.15) is 10.5 Å². The quantitative estimate of drug-likeness (QED) is 0.833. The van der Waals surface area contributed by atoms with Gasteiger partial charge in [0.15, 0.2) is 0 Å². The van der Waals surface area contributed by atoms with Gasteiger partial charge in [0, 0.05) is 22.8 Å². The van der Waals surface area contributed by atoms with E-state index in [-0.39, 0.29) is 17.3 Å². The summed E-state index contributed by atoms with van der Waals surface area (Å²) in [5.74, 6) is 0.194. The molecule has 1 fully saturated rings. The molecule has 0 spiro atoms. The van der Waals surface area contributed by atoms with Crippen molar-refractivity contribution in [1.29, 1.82) is 10.5 Å². The molecule has 2 aromatic carbocycles. The van der Waals surface area contributed by atoms with Crippen LogP contribution in [0.2, 0.25) is 0 Å². The van der Waals surface area contributed by atoms with Crippen LogP contribution in [0.5, 0.6) is 0 Å². The van der Waals surface area contributed by atoms with E-state index >= 15 is 0 Å². The molecule has 3 aliphatic rings. The first-order valence-corrected chi connectivity index (χ1v) is 8.16. The van der Waals surface area contributed by atoms with Crippen molar-refractivity contribution in [2.24, 2.45) is 17.3 Å². The maximum atomic E-state index is 10.0. The Labute approximate surface area is 141 Å². The molecule has 0 amide bonds. The molecule has 1 saturated carbocycles. The minimum atomic E-state index is -0.509. The largest absolute Gasteiger partial charge is 0.197 e. The lowest BCUT2D eigenvalue weighted by Crippen LogP contribution is -2.13. The number of fused-ring (bicyclic) bond motifs is 1. The van der Waals surface area contributed by atoms with Crippen molar-refractivity contribution in [3.05, 3.63) is 89.5 Å². The van der Waals surface area contributed by atoms with Gasteiger partial charge >= 0.3 is 0 Å². The Morgan fingerprint density at radius 3 is 2.12 bits per heavy atom. The fourth-order valence-electron chi connectivity index (χ4n) is 5.10. The van der Waals surface area contributed by atoms with Crippen LogP contribution in [0.25, 0.3) is 5.57 Å². The van der Waals surface area contributed by atoms with Crippen LogP contribution in [-0.2, 0) is 5.41 Å². The topological polar surface area (TPSA) is 47.6 Å². The summed E-state index contributed by atoms with van der Waals surface area (Å²) in [6.07, 6.45) is 4.22. The van der Waals surface area contributed by atoms with Crippen LogP contribution in [-0.4, -0.2) is 0 Å². The van der Waals surface area contributed by atoms with Gasteiger partial charge in [-0.15, -0.1) is 0 Å². The summed E-state index contributed by atoms with van der Waals surface area (Å²) in [6.45, 7) is 0. The Kier molecular flexibility index (Phi) is 2.36. The van der Waals surface area contributed by atoms with Crippen molar-refractivity contribution >= 4 is 5.57 Å². The Balaban J connectivity index is 1.74. The SMILES string of the molecule is N#CC1=CC2(c3ccccc3)C3C1C(c1ccccc1)=CC32C#N. The van der Waals surface area contributed by atoms with Crippen molar-refractivity contribution in [1.82, 2.24) is 0 Å². The van der Waals surface area contributed by atoms with Gasteiger partial charge in [-0.25, -0.2) is 0 Å². The molecule has 2 heteroatoms. The number of allylic oxidation sites excluding steroid dienone is 4. The summed E-state index contributed by atoms with van der Waals surface area (Å²) in [5.41, 5.74) is 3.38. The third-order valence-electron chi connectivity index (χ3n) is 6.02. The molecule has 5 rings (SSSR count). The van der Waals surface area contributed by atoms with Gasteiger partial charge in [-0.1, -0.05) is 72.8 Å². The van der Waals surface area contributed by atoms with Crippen LogP contribution >= 0.6 is 0 Å². The lowest BCUT2D eigenvalue weighted by molar-refractivity contribution is 0.653. The molecule has 0 N–H and O–H groups in total. The highest BCUT2D eigenvalue weighted by molar-refractivity contribution is 5.85. The van der Waals surface area contributed by atoms with Crippen molar-refractivity contribution in [3.8, 4) is 12.1 Å². The summed E-state index contributed by atoms with van der Waals surface area (Å²) in [4.78, 5) is 0. The molecule has 2 aromatic rings. The summed E-state index contributed by atoms with van der Waals surface area (Å²) < 4.78 is 0. The van der Waals surface area contributed by atoms with Crippen LogP contribution in [0.15, 0.2) is 78.4 Å². The fraction of sp³-hybridized carbons (Fsp3) is 0.182. The molecule has 0 aromatic heterocycles. The van der Waals surface area contributed by atoms with E-state index < -0.39 is 5.41 Å². The molecular formula is C22H14N2. The molecule has 0 saturated heterocycles. The normalized spacial score (nSPS) is 34.6. The Morgan fingerprint density at radius 1 is 0.833 bits per heavy atom. The average molecular weight is 306 g/mol. The van der Waals surface area contributed by atoms with Crippen LogP contribution in [0.1, 0.15) is 11.1 Å². The van der Waals surface area contributed by atoms with Crippen molar-refractivity contribution in [3.63, 3.8) is 0 Å². The third kappa shape index (κ3) is 1.28. The number of nitrogens with zero attached hydrogens (tertiary/aromatic N) is 2. The van der Waals surface area contributed by atoms with E-state index in [4.69, 9.17) is 0 Å². The first-order chi connectivity index (χ1) is 11.8. The first kappa shape index (κ1) is 13.3. The second kappa shape index (κ2) is 4.25. The van der Waals surface area contributed by atoms with Crippen LogP contribution < -0.4 is 0 Å². The standard InChI is InChI=1S/C22H14N2/c23-13-16-11-22(17-9-5-2-6-10-17)20-19(16)18(12-21(20,22)14-24)15-7-3-1-4-8-15/h1-12,19-20H. The van der Waals surface area contributed by atoms with Gasteiger partial charge in [0.1, 0.15) is 0 Å². The van der Waals surface area contributed by atoms with Crippen molar-refractivity contribution < 1.29 is 0 Å². The summed E-state index contributed by atoms with van der Waals surface area (Å²) in [7, 11) is 0. The fourth-order valence-corrected chi connectivity index (χ4v) is 5.10. The molecule has 2 nitrogen and oxygen atoms in total. The third-order valence-corrected chi connectivity index (χ3v) is 6.02. The zero-order valence-electron chi connectivity index (χ0n) is 13.0. The minimum Gasteiger partial charge on any atom is -0.197 e. The maximum Gasteiger partial charge on any atom is 0.0950 e.